The molecule has 0 bridgehead atoms. The highest BCUT2D eigenvalue weighted by atomic mass is 16.5. The molecule has 2 atom stereocenters. The normalized spacial score (nSPS) is 18.9. The van der Waals surface area contributed by atoms with Crippen molar-refractivity contribution in [2.45, 2.75) is 44.8 Å². The van der Waals surface area contributed by atoms with E-state index < -0.39 is 6.10 Å². The van der Waals surface area contributed by atoms with Gasteiger partial charge in [0.2, 0.25) is 0 Å². The number of benzene rings is 1. The number of aryl methyl sites for hydroxylation is 1. The predicted molar refractivity (Wildman–Crippen MR) is 78.9 cm³/mol. The summed E-state index contributed by atoms with van der Waals surface area (Å²) in [5.74, 6) is 0.797. The summed E-state index contributed by atoms with van der Waals surface area (Å²) >= 11 is 0. The minimum absolute atomic E-state index is 0.164. The molecule has 3 N–H and O–H groups in total. The molecule has 0 aromatic heterocycles. The van der Waals surface area contributed by atoms with Gasteiger partial charge >= 0.3 is 0 Å². The zero-order chi connectivity index (χ0) is 14.4. The number of hydrogen-bond donors (Lipinski definition) is 2. The minimum atomic E-state index is -0.581. The summed E-state index contributed by atoms with van der Waals surface area (Å²) in [5.41, 5.74) is 8.49. The number of rotatable bonds is 8. The maximum atomic E-state index is 9.78. The lowest BCUT2D eigenvalue weighted by Crippen LogP contribution is -2.23. The Labute approximate surface area is 120 Å². The number of ether oxygens (including phenoxy) is 2. The molecule has 0 heterocycles. The fourth-order valence-electron chi connectivity index (χ4n) is 2.42. The van der Waals surface area contributed by atoms with E-state index in [0.717, 1.165) is 31.4 Å². The summed E-state index contributed by atoms with van der Waals surface area (Å²) in [4.78, 5) is 0. The monoisotopic (exact) mass is 279 g/mol. The molecule has 0 saturated heterocycles. The third-order valence-electron chi connectivity index (χ3n) is 3.63. The van der Waals surface area contributed by atoms with Crippen molar-refractivity contribution in [2.75, 3.05) is 19.8 Å². The summed E-state index contributed by atoms with van der Waals surface area (Å²) in [6.45, 7) is 3.40. The Kier molecular flexibility index (Phi) is 5.83. The van der Waals surface area contributed by atoms with E-state index in [1.165, 1.54) is 11.1 Å². The molecular weight excluding hydrogens is 254 g/mol. The maximum absolute atomic E-state index is 9.78. The third-order valence-corrected chi connectivity index (χ3v) is 3.63. The van der Waals surface area contributed by atoms with E-state index in [0.29, 0.717) is 13.2 Å². The van der Waals surface area contributed by atoms with Crippen LogP contribution in [0.5, 0.6) is 5.75 Å². The van der Waals surface area contributed by atoms with Gasteiger partial charge in [0.15, 0.2) is 0 Å². The van der Waals surface area contributed by atoms with Crippen molar-refractivity contribution in [3.8, 4) is 5.75 Å². The van der Waals surface area contributed by atoms with Gasteiger partial charge in [0.25, 0.3) is 0 Å². The van der Waals surface area contributed by atoms with E-state index in [1.54, 1.807) is 0 Å². The van der Waals surface area contributed by atoms with Gasteiger partial charge in [-0.05, 0) is 42.5 Å². The minimum Gasteiger partial charge on any atom is -0.491 e. The van der Waals surface area contributed by atoms with Crippen molar-refractivity contribution < 1.29 is 14.6 Å². The number of unbranched alkanes of at least 4 members (excludes halogenated alkanes) is 1. The Bertz CT molecular complexity index is 422. The molecule has 1 aromatic carbocycles. The van der Waals surface area contributed by atoms with E-state index in [1.807, 2.05) is 18.2 Å². The highest BCUT2D eigenvalue weighted by molar-refractivity contribution is 5.40. The van der Waals surface area contributed by atoms with E-state index in [2.05, 4.69) is 6.92 Å². The zero-order valence-corrected chi connectivity index (χ0v) is 12.2. The van der Waals surface area contributed by atoms with Crippen molar-refractivity contribution in [1.29, 1.82) is 0 Å². The van der Waals surface area contributed by atoms with E-state index in [-0.39, 0.29) is 12.6 Å². The SMILES string of the molecule is CCCCOCC(O)COc1ccc2c(c1)CCC2N. The molecule has 2 unspecified atom stereocenters. The predicted octanol–water partition coefficient (Wildman–Crippen LogP) is 2.19. The number of hydrogen-bond acceptors (Lipinski definition) is 4. The van der Waals surface area contributed by atoms with E-state index in [4.69, 9.17) is 15.2 Å². The average Bonchev–Trinajstić information content (AvgIpc) is 2.82. The second-order valence-corrected chi connectivity index (χ2v) is 5.40. The highest BCUT2D eigenvalue weighted by Gasteiger charge is 2.19. The van der Waals surface area contributed by atoms with E-state index in [9.17, 15) is 5.11 Å². The molecule has 4 nitrogen and oxygen atoms in total. The Morgan fingerprint density at radius 3 is 3.05 bits per heavy atom. The Morgan fingerprint density at radius 1 is 1.40 bits per heavy atom. The molecule has 0 fully saturated rings. The van der Waals surface area contributed by atoms with Gasteiger partial charge in [-0.15, -0.1) is 0 Å². The fourth-order valence-corrected chi connectivity index (χ4v) is 2.42. The van der Waals surface area contributed by atoms with Gasteiger partial charge in [-0.3, -0.25) is 0 Å². The molecule has 1 aliphatic carbocycles. The number of aliphatic hydroxyl groups is 1. The second kappa shape index (κ2) is 7.62. The first-order chi connectivity index (χ1) is 9.70. The van der Waals surface area contributed by atoms with Crippen molar-refractivity contribution in [1.82, 2.24) is 0 Å². The van der Waals surface area contributed by atoms with Crippen LogP contribution in [0.25, 0.3) is 0 Å². The van der Waals surface area contributed by atoms with Crippen molar-refractivity contribution in [2.24, 2.45) is 5.73 Å². The van der Waals surface area contributed by atoms with Crippen LogP contribution in [0.1, 0.15) is 43.4 Å². The highest BCUT2D eigenvalue weighted by Crippen LogP contribution is 2.31. The zero-order valence-electron chi connectivity index (χ0n) is 12.2. The standard InChI is InChI=1S/C16H25NO3/c1-2-3-8-19-10-13(18)11-20-14-5-6-15-12(9-14)4-7-16(15)17/h5-6,9,13,16,18H,2-4,7-8,10-11,17H2,1H3. The molecule has 1 aromatic rings. The lowest BCUT2D eigenvalue weighted by Gasteiger charge is -2.13. The molecule has 2 rings (SSSR count). The van der Waals surface area contributed by atoms with Crippen LogP contribution in [0.2, 0.25) is 0 Å². The molecule has 1 aliphatic rings. The smallest absolute Gasteiger partial charge is 0.119 e. The van der Waals surface area contributed by atoms with Gasteiger partial charge in [-0.1, -0.05) is 19.4 Å². The second-order valence-electron chi connectivity index (χ2n) is 5.40. The van der Waals surface area contributed by atoms with Crippen LogP contribution in [0.4, 0.5) is 0 Å². The van der Waals surface area contributed by atoms with Crippen LogP contribution in [0.15, 0.2) is 18.2 Å². The maximum Gasteiger partial charge on any atom is 0.119 e. The molecule has 0 amide bonds. The molecule has 0 radical (unpaired) electrons. The summed E-state index contributed by atoms with van der Waals surface area (Å²) in [6.07, 6.45) is 3.56. The van der Waals surface area contributed by atoms with Gasteiger partial charge in [-0.25, -0.2) is 0 Å². The van der Waals surface area contributed by atoms with Crippen LogP contribution < -0.4 is 10.5 Å². The molecule has 112 valence electrons. The first-order valence-electron chi connectivity index (χ1n) is 7.47. The van der Waals surface area contributed by atoms with Crippen molar-refractivity contribution >= 4 is 0 Å². The summed E-state index contributed by atoms with van der Waals surface area (Å²) in [5, 5.41) is 9.78. The average molecular weight is 279 g/mol. The van der Waals surface area contributed by atoms with Crippen LogP contribution in [0.3, 0.4) is 0 Å². The Balaban J connectivity index is 1.74. The lowest BCUT2D eigenvalue weighted by molar-refractivity contribution is 0.0113. The molecule has 20 heavy (non-hydrogen) atoms. The summed E-state index contributed by atoms with van der Waals surface area (Å²) in [7, 11) is 0. The molecule has 0 aliphatic heterocycles. The van der Waals surface area contributed by atoms with Gasteiger partial charge in [-0.2, -0.15) is 0 Å². The Hall–Kier alpha value is -1.10. The van der Waals surface area contributed by atoms with Crippen LogP contribution in [-0.2, 0) is 11.2 Å². The van der Waals surface area contributed by atoms with Gasteiger partial charge in [0.1, 0.15) is 18.5 Å². The Morgan fingerprint density at radius 2 is 2.25 bits per heavy atom. The van der Waals surface area contributed by atoms with Crippen molar-refractivity contribution in [3.63, 3.8) is 0 Å². The molecular formula is C16H25NO3. The molecule has 4 heteroatoms. The summed E-state index contributed by atoms with van der Waals surface area (Å²) in [6, 6.07) is 6.16. The lowest BCUT2D eigenvalue weighted by atomic mass is 10.1. The third kappa shape index (κ3) is 4.20. The van der Waals surface area contributed by atoms with Crippen LogP contribution in [0, 0.1) is 0 Å². The fraction of sp³-hybridized carbons (Fsp3) is 0.625. The number of nitrogens with two attached hydrogens (primary N) is 1. The number of aliphatic hydroxyl groups excluding tert-OH is 1. The first kappa shape index (κ1) is 15.3. The van der Waals surface area contributed by atoms with Crippen LogP contribution in [-0.4, -0.2) is 31.0 Å². The molecule has 0 spiro atoms. The van der Waals surface area contributed by atoms with E-state index >= 15 is 0 Å². The largest absolute Gasteiger partial charge is 0.491 e. The molecule has 0 saturated carbocycles. The summed E-state index contributed by atoms with van der Waals surface area (Å²) < 4.78 is 11.0. The topological polar surface area (TPSA) is 64.7 Å². The van der Waals surface area contributed by atoms with Gasteiger partial charge in [0.05, 0.1) is 6.61 Å². The number of fused-ring (bicyclic) bond motifs is 1. The van der Waals surface area contributed by atoms with Crippen LogP contribution >= 0.6 is 0 Å². The van der Waals surface area contributed by atoms with Crippen molar-refractivity contribution in [3.05, 3.63) is 29.3 Å². The quantitative estimate of drug-likeness (QED) is 0.716. The first-order valence-corrected chi connectivity index (χ1v) is 7.47. The van der Waals surface area contributed by atoms with Gasteiger partial charge < -0.3 is 20.3 Å². The van der Waals surface area contributed by atoms with Gasteiger partial charge in [0, 0.05) is 12.6 Å².